The van der Waals surface area contributed by atoms with Crippen molar-refractivity contribution in [3.05, 3.63) is 17.7 Å². The summed E-state index contributed by atoms with van der Waals surface area (Å²) in [6.45, 7) is 2.76. The minimum Gasteiger partial charge on any atom is -0.267 e. The molecule has 3 heteroatoms. The van der Waals surface area contributed by atoms with Crippen LogP contribution in [0.2, 0.25) is 0 Å². The van der Waals surface area contributed by atoms with Crippen molar-refractivity contribution in [2.45, 2.75) is 32.2 Å². The molecule has 0 unspecified atom stereocenters. The van der Waals surface area contributed by atoms with Crippen LogP contribution in [0.4, 0.5) is 4.39 Å². The molecule has 0 atom stereocenters. The molecule has 2 rings (SSSR count). The Morgan fingerprint density at radius 3 is 3.00 bits per heavy atom. The molecule has 11 heavy (non-hydrogen) atoms. The van der Waals surface area contributed by atoms with E-state index in [4.69, 9.17) is 0 Å². The van der Waals surface area contributed by atoms with Crippen molar-refractivity contribution in [2.75, 3.05) is 0 Å². The standard InChI is InChI=1S/C8H11FN2/c1-2-11-8(6-3-4-6)7(9)5-10-11/h5-6H,2-4H2,1H3. The van der Waals surface area contributed by atoms with Crippen LogP contribution in [0.3, 0.4) is 0 Å². The molecule has 1 aromatic heterocycles. The van der Waals surface area contributed by atoms with E-state index in [1.54, 1.807) is 4.68 Å². The smallest absolute Gasteiger partial charge is 0.164 e. The van der Waals surface area contributed by atoms with Gasteiger partial charge in [0.2, 0.25) is 0 Å². The Morgan fingerprint density at radius 1 is 1.73 bits per heavy atom. The van der Waals surface area contributed by atoms with Crippen LogP contribution in [0.1, 0.15) is 31.4 Å². The Kier molecular flexibility index (Phi) is 1.44. The average Bonchev–Trinajstić information content (AvgIpc) is 2.76. The molecule has 60 valence electrons. The third-order valence-corrected chi connectivity index (χ3v) is 2.10. The van der Waals surface area contributed by atoms with Gasteiger partial charge in [-0.05, 0) is 19.8 Å². The lowest BCUT2D eigenvalue weighted by Gasteiger charge is -2.01. The van der Waals surface area contributed by atoms with Gasteiger partial charge in [0.25, 0.3) is 0 Å². The van der Waals surface area contributed by atoms with E-state index in [1.165, 1.54) is 6.20 Å². The summed E-state index contributed by atoms with van der Waals surface area (Å²) in [7, 11) is 0. The molecule has 1 saturated carbocycles. The first-order valence-corrected chi connectivity index (χ1v) is 4.04. The van der Waals surface area contributed by atoms with Crippen molar-refractivity contribution in [2.24, 2.45) is 0 Å². The Morgan fingerprint density at radius 2 is 2.45 bits per heavy atom. The van der Waals surface area contributed by atoms with Crippen molar-refractivity contribution in [3.63, 3.8) is 0 Å². The predicted octanol–water partition coefficient (Wildman–Crippen LogP) is 1.92. The van der Waals surface area contributed by atoms with Gasteiger partial charge in [0.05, 0.1) is 11.9 Å². The van der Waals surface area contributed by atoms with Crippen LogP contribution >= 0.6 is 0 Å². The number of aromatic nitrogens is 2. The number of aryl methyl sites for hydroxylation is 1. The highest BCUT2D eigenvalue weighted by atomic mass is 19.1. The van der Waals surface area contributed by atoms with Crippen molar-refractivity contribution in [1.29, 1.82) is 0 Å². The number of hydrogen-bond acceptors (Lipinski definition) is 1. The van der Waals surface area contributed by atoms with Crippen LogP contribution in [0.15, 0.2) is 6.20 Å². The Labute approximate surface area is 65.0 Å². The largest absolute Gasteiger partial charge is 0.267 e. The van der Waals surface area contributed by atoms with Gasteiger partial charge >= 0.3 is 0 Å². The van der Waals surface area contributed by atoms with Crippen LogP contribution in [-0.4, -0.2) is 9.78 Å². The molecule has 1 fully saturated rings. The summed E-state index contributed by atoms with van der Waals surface area (Å²) in [4.78, 5) is 0. The predicted molar refractivity (Wildman–Crippen MR) is 39.8 cm³/mol. The molecule has 0 radical (unpaired) electrons. The highest BCUT2D eigenvalue weighted by Crippen LogP contribution is 2.40. The molecule has 1 heterocycles. The van der Waals surface area contributed by atoms with Gasteiger partial charge in [-0.25, -0.2) is 4.39 Å². The van der Waals surface area contributed by atoms with E-state index in [-0.39, 0.29) is 5.82 Å². The Balaban J connectivity index is 2.38. The van der Waals surface area contributed by atoms with Crippen LogP contribution in [-0.2, 0) is 6.54 Å². The van der Waals surface area contributed by atoms with Gasteiger partial charge in [-0.3, -0.25) is 4.68 Å². The van der Waals surface area contributed by atoms with Crippen molar-refractivity contribution < 1.29 is 4.39 Å². The highest BCUT2D eigenvalue weighted by molar-refractivity contribution is 5.15. The third kappa shape index (κ3) is 1.04. The highest BCUT2D eigenvalue weighted by Gasteiger charge is 2.30. The van der Waals surface area contributed by atoms with E-state index in [0.29, 0.717) is 5.92 Å². The van der Waals surface area contributed by atoms with Gasteiger partial charge in [0.1, 0.15) is 0 Å². The van der Waals surface area contributed by atoms with Crippen molar-refractivity contribution >= 4 is 0 Å². The Hall–Kier alpha value is -0.860. The molecular formula is C8H11FN2. The first-order valence-electron chi connectivity index (χ1n) is 4.04. The van der Waals surface area contributed by atoms with Crippen LogP contribution in [0.5, 0.6) is 0 Å². The van der Waals surface area contributed by atoms with Crippen molar-refractivity contribution in [3.8, 4) is 0 Å². The van der Waals surface area contributed by atoms with Gasteiger partial charge in [0.15, 0.2) is 5.82 Å². The molecule has 0 aromatic carbocycles. The summed E-state index contributed by atoms with van der Waals surface area (Å²) in [5, 5.41) is 3.94. The lowest BCUT2D eigenvalue weighted by atomic mass is 10.3. The summed E-state index contributed by atoms with van der Waals surface area (Å²) in [5.74, 6) is 0.326. The zero-order chi connectivity index (χ0) is 7.84. The first kappa shape index (κ1) is 6.83. The van der Waals surface area contributed by atoms with Crippen LogP contribution in [0.25, 0.3) is 0 Å². The molecule has 0 spiro atoms. The van der Waals surface area contributed by atoms with Crippen LogP contribution < -0.4 is 0 Å². The number of hydrogen-bond donors (Lipinski definition) is 0. The summed E-state index contributed by atoms with van der Waals surface area (Å²) >= 11 is 0. The zero-order valence-corrected chi connectivity index (χ0v) is 6.55. The second-order valence-electron chi connectivity index (χ2n) is 2.97. The van der Waals surface area contributed by atoms with Gasteiger partial charge in [0, 0.05) is 12.5 Å². The minimum atomic E-state index is -0.130. The van der Waals surface area contributed by atoms with E-state index < -0.39 is 0 Å². The maximum absolute atomic E-state index is 13.0. The van der Waals surface area contributed by atoms with E-state index in [9.17, 15) is 4.39 Å². The Bertz CT molecular complexity index is 263. The molecule has 0 amide bonds. The van der Waals surface area contributed by atoms with E-state index in [0.717, 1.165) is 25.1 Å². The fourth-order valence-corrected chi connectivity index (χ4v) is 1.39. The van der Waals surface area contributed by atoms with Gasteiger partial charge in [-0.2, -0.15) is 5.10 Å². The average molecular weight is 154 g/mol. The summed E-state index contributed by atoms with van der Waals surface area (Å²) < 4.78 is 14.8. The molecule has 0 saturated heterocycles. The van der Waals surface area contributed by atoms with Gasteiger partial charge in [-0.1, -0.05) is 0 Å². The molecular weight excluding hydrogens is 143 g/mol. The van der Waals surface area contributed by atoms with E-state index in [2.05, 4.69) is 5.10 Å². The molecule has 2 nitrogen and oxygen atoms in total. The molecule has 0 bridgehead atoms. The molecule has 1 aromatic rings. The van der Waals surface area contributed by atoms with Gasteiger partial charge in [-0.15, -0.1) is 0 Å². The fourth-order valence-electron chi connectivity index (χ4n) is 1.39. The summed E-state index contributed by atoms with van der Waals surface area (Å²) in [6, 6.07) is 0. The molecule has 1 aliphatic carbocycles. The number of halogens is 1. The monoisotopic (exact) mass is 154 g/mol. The minimum absolute atomic E-state index is 0.130. The van der Waals surface area contributed by atoms with Crippen molar-refractivity contribution in [1.82, 2.24) is 9.78 Å². The molecule has 0 N–H and O–H groups in total. The third-order valence-electron chi connectivity index (χ3n) is 2.10. The fraction of sp³-hybridized carbons (Fsp3) is 0.625. The first-order chi connectivity index (χ1) is 5.33. The maximum atomic E-state index is 13.0. The lowest BCUT2D eigenvalue weighted by molar-refractivity contribution is 0.576. The van der Waals surface area contributed by atoms with Gasteiger partial charge < -0.3 is 0 Å². The number of nitrogens with zero attached hydrogens (tertiary/aromatic N) is 2. The normalized spacial score (nSPS) is 17.3. The second kappa shape index (κ2) is 2.32. The quantitative estimate of drug-likeness (QED) is 0.636. The van der Waals surface area contributed by atoms with Crippen LogP contribution in [0, 0.1) is 5.82 Å². The topological polar surface area (TPSA) is 17.8 Å². The second-order valence-corrected chi connectivity index (χ2v) is 2.97. The van der Waals surface area contributed by atoms with E-state index in [1.807, 2.05) is 6.92 Å². The lowest BCUT2D eigenvalue weighted by Crippen LogP contribution is -2.01. The molecule has 1 aliphatic rings. The maximum Gasteiger partial charge on any atom is 0.164 e. The SMILES string of the molecule is CCn1ncc(F)c1C1CC1. The molecule has 0 aliphatic heterocycles. The zero-order valence-electron chi connectivity index (χ0n) is 6.55. The summed E-state index contributed by atoms with van der Waals surface area (Å²) in [5.41, 5.74) is 0.813. The number of rotatable bonds is 2. The summed E-state index contributed by atoms with van der Waals surface area (Å²) in [6.07, 6.45) is 3.57. The van der Waals surface area contributed by atoms with E-state index >= 15 is 0 Å².